The molecule has 6 nitrogen and oxygen atoms in total. The highest BCUT2D eigenvalue weighted by molar-refractivity contribution is 5.81. The maximum absolute atomic E-state index is 11.6. The Balaban J connectivity index is 1.81. The first-order chi connectivity index (χ1) is 11.6. The van der Waals surface area contributed by atoms with E-state index in [1.807, 2.05) is 26.0 Å². The summed E-state index contributed by atoms with van der Waals surface area (Å²) in [6.45, 7) is 6.67. The van der Waals surface area contributed by atoms with Gasteiger partial charge >= 0.3 is 0 Å². The number of benzene rings is 1. The highest BCUT2D eigenvalue weighted by Gasteiger charge is 2.28. The summed E-state index contributed by atoms with van der Waals surface area (Å²) in [4.78, 5) is 16.2. The van der Waals surface area contributed by atoms with E-state index in [1.165, 1.54) is 0 Å². The van der Waals surface area contributed by atoms with Crippen LogP contribution in [0.1, 0.15) is 30.9 Å². The fraction of sp³-hybridized carbons (Fsp3) is 0.556. The second kappa shape index (κ2) is 9.15. The van der Waals surface area contributed by atoms with E-state index in [9.17, 15) is 4.79 Å². The van der Waals surface area contributed by atoms with Crippen LogP contribution in [0.4, 0.5) is 0 Å². The van der Waals surface area contributed by atoms with E-state index in [0.29, 0.717) is 19.6 Å². The minimum atomic E-state index is 0.172. The lowest BCUT2D eigenvalue weighted by atomic mass is 10.1. The number of carbonyl (C=O) groups is 1. The van der Waals surface area contributed by atoms with E-state index in [0.717, 1.165) is 42.2 Å². The van der Waals surface area contributed by atoms with Gasteiger partial charge in [0.05, 0.1) is 13.7 Å². The molecule has 1 aliphatic carbocycles. The molecule has 0 bridgehead atoms. The highest BCUT2D eigenvalue weighted by atomic mass is 16.5. The van der Waals surface area contributed by atoms with Gasteiger partial charge in [0.15, 0.2) is 5.96 Å². The van der Waals surface area contributed by atoms with Gasteiger partial charge in [0, 0.05) is 25.6 Å². The first kappa shape index (κ1) is 18.1. The van der Waals surface area contributed by atoms with Gasteiger partial charge in [-0.3, -0.25) is 4.79 Å². The molecule has 0 spiro atoms. The van der Waals surface area contributed by atoms with Gasteiger partial charge in [-0.15, -0.1) is 0 Å². The molecule has 1 aromatic carbocycles. The average Bonchev–Trinajstić information content (AvgIpc) is 3.42. The number of rotatable bonds is 8. The molecule has 0 heterocycles. The second-order valence-electron chi connectivity index (χ2n) is 5.99. The van der Waals surface area contributed by atoms with Crippen molar-refractivity contribution in [1.82, 2.24) is 16.0 Å². The molecule has 2 rings (SSSR count). The smallest absolute Gasteiger partial charge is 0.223 e. The van der Waals surface area contributed by atoms with Crippen LogP contribution in [0.3, 0.4) is 0 Å². The molecule has 1 saturated carbocycles. The number of methoxy groups -OCH3 is 1. The van der Waals surface area contributed by atoms with Crippen molar-refractivity contribution >= 4 is 11.9 Å². The number of nitrogens with one attached hydrogen (secondary N) is 3. The van der Waals surface area contributed by atoms with Crippen LogP contribution in [0.25, 0.3) is 0 Å². The predicted molar refractivity (Wildman–Crippen MR) is 96.3 cm³/mol. The Hall–Kier alpha value is -2.24. The molecule has 0 aromatic heterocycles. The van der Waals surface area contributed by atoms with E-state index in [1.54, 1.807) is 7.11 Å². The van der Waals surface area contributed by atoms with Crippen LogP contribution in [0, 0.1) is 12.8 Å². The largest absolute Gasteiger partial charge is 0.496 e. The summed E-state index contributed by atoms with van der Waals surface area (Å²) in [5.41, 5.74) is 2.21. The molecular weight excluding hydrogens is 304 g/mol. The molecule has 0 atom stereocenters. The lowest BCUT2D eigenvalue weighted by Crippen LogP contribution is -2.41. The van der Waals surface area contributed by atoms with Gasteiger partial charge in [-0.1, -0.05) is 12.1 Å². The van der Waals surface area contributed by atoms with Crippen molar-refractivity contribution in [3.8, 4) is 5.75 Å². The summed E-state index contributed by atoms with van der Waals surface area (Å²) in [5.74, 6) is 2.05. The standard InChI is InChI=1S/C18H28N4O2/c1-4-19-18(21-10-9-20-17(23)15-7-8-15)22-12-14-6-5-13(2)16(11-14)24-3/h5-6,11,15H,4,7-10,12H2,1-3H3,(H,20,23)(H2,19,21,22). The number of aliphatic imine (C=N–C) groups is 1. The lowest BCUT2D eigenvalue weighted by molar-refractivity contribution is -0.122. The van der Waals surface area contributed by atoms with Gasteiger partial charge in [-0.05, 0) is 43.9 Å². The van der Waals surface area contributed by atoms with Crippen molar-refractivity contribution in [2.75, 3.05) is 26.7 Å². The summed E-state index contributed by atoms with van der Waals surface area (Å²) in [6.07, 6.45) is 2.06. The third-order valence-electron chi connectivity index (χ3n) is 3.90. The Bertz CT molecular complexity index is 582. The molecule has 0 radical (unpaired) electrons. The van der Waals surface area contributed by atoms with E-state index < -0.39 is 0 Å². The van der Waals surface area contributed by atoms with Crippen molar-refractivity contribution in [3.63, 3.8) is 0 Å². The average molecular weight is 332 g/mol. The first-order valence-corrected chi connectivity index (χ1v) is 8.57. The number of nitrogens with zero attached hydrogens (tertiary/aromatic N) is 1. The SMILES string of the molecule is CCNC(=NCc1ccc(C)c(OC)c1)NCCNC(=O)C1CC1. The predicted octanol–water partition coefficient (Wildman–Crippen LogP) is 1.58. The van der Waals surface area contributed by atoms with Gasteiger partial charge in [0.2, 0.25) is 5.91 Å². The molecule has 0 unspecified atom stereocenters. The monoisotopic (exact) mass is 332 g/mol. The van der Waals surface area contributed by atoms with Crippen molar-refractivity contribution in [3.05, 3.63) is 29.3 Å². The second-order valence-corrected chi connectivity index (χ2v) is 5.99. The third-order valence-corrected chi connectivity index (χ3v) is 3.90. The minimum absolute atomic E-state index is 0.172. The maximum Gasteiger partial charge on any atom is 0.223 e. The van der Waals surface area contributed by atoms with Gasteiger partial charge in [-0.25, -0.2) is 4.99 Å². The van der Waals surface area contributed by atoms with Crippen LogP contribution in [0.15, 0.2) is 23.2 Å². The molecule has 3 N–H and O–H groups in total. The Morgan fingerprint density at radius 2 is 2.00 bits per heavy atom. The fourth-order valence-electron chi connectivity index (χ4n) is 2.33. The lowest BCUT2D eigenvalue weighted by Gasteiger charge is -2.12. The van der Waals surface area contributed by atoms with Crippen molar-refractivity contribution < 1.29 is 9.53 Å². The number of carbonyl (C=O) groups excluding carboxylic acids is 1. The van der Waals surface area contributed by atoms with Crippen LogP contribution >= 0.6 is 0 Å². The van der Waals surface area contributed by atoms with Gasteiger partial charge in [-0.2, -0.15) is 0 Å². The van der Waals surface area contributed by atoms with Gasteiger partial charge in [0.25, 0.3) is 0 Å². The van der Waals surface area contributed by atoms with Crippen LogP contribution < -0.4 is 20.7 Å². The van der Waals surface area contributed by atoms with Crippen LogP contribution in [-0.2, 0) is 11.3 Å². The molecule has 1 aromatic rings. The van der Waals surface area contributed by atoms with Crippen molar-refractivity contribution in [1.29, 1.82) is 0 Å². The Morgan fingerprint density at radius 3 is 2.67 bits per heavy atom. The summed E-state index contributed by atoms with van der Waals surface area (Å²) >= 11 is 0. The third kappa shape index (κ3) is 5.76. The zero-order chi connectivity index (χ0) is 17.4. The summed E-state index contributed by atoms with van der Waals surface area (Å²) < 4.78 is 5.35. The highest BCUT2D eigenvalue weighted by Crippen LogP contribution is 2.28. The van der Waals surface area contributed by atoms with Crippen LogP contribution in [0.2, 0.25) is 0 Å². The maximum atomic E-state index is 11.6. The first-order valence-electron chi connectivity index (χ1n) is 8.57. The number of hydrogen-bond donors (Lipinski definition) is 3. The summed E-state index contributed by atoms with van der Waals surface area (Å²) in [6, 6.07) is 6.11. The molecule has 132 valence electrons. The molecule has 0 aliphatic heterocycles. The quantitative estimate of drug-likeness (QED) is 0.384. The van der Waals surface area contributed by atoms with E-state index in [2.05, 4.69) is 27.0 Å². The molecule has 1 aliphatic rings. The van der Waals surface area contributed by atoms with E-state index in [4.69, 9.17) is 4.74 Å². The minimum Gasteiger partial charge on any atom is -0.496 e. The van der Waals surface area contributed by atoms with E-state index >= 15 is 0 Å². The van der Waals surface area contributed by atoms with E-state index in [-0.39, 0.29) is 11.8 Å². The van der Waals surface area contributed by atoms with Crippen LogP contribution in [0.5, 0.6) is 5.75 Å². The topological polar surface area (TPSA) is 74.8 Å². The van der Waals surface area contributed by atoms with Gasteiger partial charge in [0.1, 0.15) is 5.75 Å². The van der Waals surface area contributed by atoms with Crippen molar-refractivity contribution in [2.24, 2.45) is 10.9 Å². The Labute approximate surface area is 144 Å². The zero-order valence-electron chi connectivity index (χ0n) is 14.8. The van der Waals surface area contributed by atoms with Crippen LogP contribution in [-0.4, -0.2) is 38.6 Å². The number of guanidine groups is 1. The summed E-state index contributed by atoms with van der Waals surface area (Å²) in [5, 5.41) is 9.39. The Morgan fingerprint density at radius 1 is 1.25 bits per heavy atom. The molecule has 1 fully saturated rings. The molecule has 1 amide bonds. The van der Waals surface area contributed by atoms with Crippen molar-refractivity contribution in [2.45, 2.75) is 33.2 Å². The number of aryl methyl sites for hydroxylation is 1. The number of ether oxygens (including phenoxy) is 1. The number of hydrogen-bond acceptors (Lipinski definition) is 3. The van der Waals surface area contributed by atoms with Gasteiger partial charge < -0.3 is 20.7 Å². The number of amides is 1. The summed E-state index contributed by atoms with van der Waals surface area (Å²) in [7, 11) is 1.68. The molecular formula is C18H28N4O2. The normalized spacial score (nSPS) is 14.2. The fourth-order valence-corrected chi connectivity index (χ4v) is 2.33. The molecule has 6 heteroatoms. The molecule has 24 heavy (non-hydrogen) atoms. The Kier molecular flexibility index (Phi) is 6.90. The zero-order valence-corrected chi connectivity index (χ0v) is 14.8. The molecule has 0 saturated heterocycles.